The van der Waals surface area contributed by atoms with Gasteiger partial charge in [-0.05, 0) is 48.9 Å². The molecule has 1 unspecified atom stereocenters. The van der Waals surface area contributed by atoms with Crippen LogP contribution < -0.4 is 15.5 Å². The number of carbonyl (C=O) groups is 2. The predicted molar refractivity (Wildman–Crippen MR) is 90.8 cm³/mol. The van der Waals surface area contributed by atoms with Crippen LogP contribution in [-0.4, -0.2) is 24.5 Å². The van der Waals surface area contributed by atoms with Gasteiger partial charge in [0.25, 0.3) is 0 Å². The van der Waals surface area contributed by atoms with Gasteiger partial charge in [0.05, 0.1) is 5.56 Å². The van der Waals surface area contributed by atoms with Crippen molar-refractivity contribution in [1.82, 2.24) is 5.32 Å². The first-order chi connectivity index (χ1) is 12.7. The molecule has 9 heteroatoms. The Morgan fingerprint density at radius 3 is 2.48 bits per heavy atom. The molecule has 0 aliphatic carbocycles. The fourth-order valence-corrected chi connectivity index (χ4v) is 2.79. The molecule has 2 N–H and O–H groups in total. The van der Waals surface area contributed by atoms with E-state index < -0.39 is 29.6 Å². The summed E-state index contributed by atoms with van der Waals surface area (Å²) in [5.41, 5.74) is -0.424. The van der Waals surface area contributed by atoms with Gasteiger partial charge in [-0.15, -0.1) is 0 Å². The van der Waals surface area contributed by atoms with Crippen LogP contribution in [0, 0.1) is 5.82 Å². The first-order valence-electron chi connectivity index (χ1n) is 8.06. The zero-order chi connectivity index (χ0) is 19.6. The maximum Gasteiger partial charge on any atom is 0.416 e. The van der Waals surface area contributed by atoms with E-state index in [4.69, 9.17) is 0 Å². The van der Waals surface area contributed by atoms with E-state index >= 15 is 0 Å². The molecule has 1 aliphatic rings. The topological polar surface area (TPSA) is 61.4 Å². The molecule has 1 fully saturated rings. The number of alkyl halides is 3. The van der Waals surface area contributed by atoms with Gasteiger partial charge >= 0.3 is 12.2 Å². The van der Waals surface area contributed by atoms with Crippen molar-refractivity contribution in [1.29, 1.82) is 0 Å². The van der Waals surface area contributed by atoms with E-state index in [0.717, 1.165) is 12.1 Å². The number of urea groups is 1. The summed E-state index contributed by atoms with van der Waals surface area (Å²) in [7, 11) is 0. The van der Waals surface area contributed by atoms with Crippen LogP contribution in [0.4, 0.5) is 33.7 Å². The summed E-state index contributed by atoms with van der Waals surface area (Å²) in [6.07, 6.45) is -4.20. The number of amides is 3. The molecule has 5 nitrogen and oxygen atoms in total. The summed E-state index contributed by atoms with van der Waals surface area (Å²) in [5, 5.41) is 4.74. The molecule has 3 amide bonds. The summed E-state index contributed by atoms with van der Waals surface area (Å²) in [4.78, 5) is 25.9. The molecule has 0 radical (unpaired) electrons. The fourth-order valence-electron chi connectivity index (χ4n) is 2.79. The number of anilines is 2. The zero-order valence-electron chi connectivity index (χ0n) is 13.9. The zero-order valence-corrected chi connectivity index (χ0v) is 13.9. The molecule has 1 saturated heterocycles. The minimum Gasteiger partial charge on any atom is -0.326 e. The Balaban J connectivity index is 1.62. The van der Waals surface area contributed by atoms with Crippen molar-refractivity contribution in [3.63, 3.8) is 0 Å². The predicted octanol–water partition coefficient (Wildman–Crippen LogP) is 3.77. The Morgan fingerprint density at radius 2 is 1.81 bits per heavy atom. The second-order valence-electron chi connectivity index (χ2n) is 5.98. The number of nitrogens with zero attached hydrogens (tertiary/aromatic N) is 1. The van der Waals surface area contributed by atoms with Crippen LogP contribution in [0.5, 0.6) is 0 Å². The first-order valence-corrected chi connectivity index (χ1v) is 8.06. The third-order valence-electron chi connectivity index (χ3n) is 4.10. The lowest BCUT2D eigenvalue weighted by molar-refractivity contribution is -0.137. The van der Waals surface area contributed by atoms with E-state index in [-0.39, 0.29) is 11.6 Å². The first kappa shape index (κ1) is 18.7. The number of nitrogens with one attached hydrogen (secondary N) is 2. The molecular formula is C18H15F4N3O2. The van der Waals surface area contributed by atoms with Gasteiger partial charge in [-0.1, -0.05) is 6.07 Å². The third-order valence-corrected chi connectivity index (χ3v) is 4.10. The van der Waals surface area contributed by atoms with Gasteiger partial charge in [-0.25, -0.2) is 9.18 Å². The van der Waals surface area contributed by atoms with Crippen molar-refractivity contribution in [2.45, 2.75) is 18.6 Å². The van der Waals surface area contributed by atoms with Crippen LogP contribution in [0.3, 0.4) is 0 Å². The van der Waals surface area contributed by atoms with E-state index in [1.54, 1.807) is 0 Å². The van der Waals surface area contributed by atoms with Gasteiger partial charge in [0.1, 0.15) is 11.9 Å². The van der Waals surface area contributed by atoms with Crippen LogP contribution in [-0.2, 0) is 11.0 Å². The summed E-state index contributed by atoms with van der Waals surface area (Å²) in [5.74, 6) is -0.804. The van der Waals surface area contributed by atoms with Crippen molar-refractivity contribution in [3.05, 3.63) is 59.9 Å². The number of halogens is 4. The lowest BCUT2D eigenvalue weighted by atomic mass is 10.2. The van der Waals surface area contributed by atoms with Gasteiger partial charge < -0.3 is 15.5 Å². The smallest absolute Gasteiger partial charge is 0.326 e. The lowest BCUT2D eigenvalue weighted by Gasteiger charge is -2.17. The van der Waals surface area contributed by atoms with Crippen molar-refractivity contribution in [2.24, 2.45) is 0 Å². The van der Waals surface area contributed by atoms with Crippen LogP contribution in [0.25, 0.3) is 0 Å². The van der Waals surface area contributed by atoms with Crippen LogP contribution in [0.1, 0.15) is 12.0 Å². The Kier molecular flexibility index (Phi) is 5.02. The Morgan fingerprint density at radius 1 is 1.11 bits per heavy atom. The SMILES string of the molecule is O=C(Nc1cccc(C(F)(F)F)c1)NC1CCN(c2ccc(F)cc2)C1=O. The standard InChI is InChI=1S/C18H15F4N3O2/c19-12-4-6-14(7-5-12)25-9-8-15(16(25)26)24-17(27)23-13-3-1-2-11(10-13)18(20,21)22/h1-7,10,15H,8-9H2,(H2,23,24,27). The summed E-state index contributed by atoms with van der Waals surface area (Å²) in [6, 6.07) is 7.95. The van der Waals surface area contributed by atoms with E-state index in [1.165, 1.54) is 41.3 Å². The summed E-state index contributed by atoms with van der Waals surface area (Å²) in [6.45, 7) is 0.332. The van der Waals surface area contributed by atoms with E-state index in [1.807, 2.05) is 0 Å². The number of rotatable bonds is 3. The van der Waals surface area contributed by atoms with Crippen LogP contribution in [0.15, 0.2) is 48.5 Å². The lowest BCUT2D eigenvalue weighted by Crippen LogP contribution is -2.43. The fraction of sp³-hybridized carbons (Fsp3) is 0.222. The highest BCUT2D eigenvalue weighted by atomic mass is 19.4. The monoisotopic (exact) mass is 381 g/mol. The molecule has 0 spiro atoms. The number of hydrogen-bond donors (Lipinski definition) is 2. The van der Waals surface area contributed by atoms with Gasteiger partial charge in [0, 0.05) is 17.9 Å². The maximum absolute atomic E-state index is 13.0. The Bertz CT molecular complexity index is 852. The van der Waals surface area contributed by atoms with E-state index in [2.05, 4.69) is 10.6 Å². The van der Waals surface area contributed by atoms with Crippen LogP contribution >= 0.6 is 0 Å². The van der Waals surface area contributed by atoms with E-state index in [0.29, 0.717) is 18.7 Å². The molecule has 2 aromatic rings. The second kappa shape index (κ2) is 7.26. The van der Waals surface area contributed by atoms with Crippen LogP contribution in [0.2, 0.25) is 0 Å². The molecule has 2 aromatic carbocycles. The van der Waals surface area contributed by atoms with Gasteiger partial charge in [-0.2, -0.15) is 13.2 Å². The Hall–Kier alpha value is -3.10. The quantitative estimate of drug-likeness (QED) is 0.795. The van der Waals surface area contributed by atoms with Gasteiger partial charge in [-0.3, -0.25) is 4.79 Å². The van der Waals surface area contributed by atoms with Crippen molar-refractivity contribution >= 4 is 23.3 Å². The molecule has 27 heavy (non-hydrogen) atoms. The molecule has 0 bridgehead atoms. The molecule has 142 valence electrons. The summed E-state index contributed by atoms with van der Waals surface area (Å²) >= 11 is 0. The maximum atomic E-state index is 13.0. The van der Waals surface area contributed by atoms with Crippen molar-refractivity contribution in [2.75, 3.05) is 16.8 Å². The number of carbonyl (C=O) groups excluding carboxylic acids is 2. The van der Waals surface area contributed by atoms with E-state index in [9.17, 15) is 27.2 Å². The molecule has 0 aromatic heterocycles. The highest BCUT2D eigenvalue weighted by Gasteiger charge is 2.34. The molecule has 3 rings (SSSR count). The number of hydrogen-bond acceptors (Lipinski definition) is 2. The number of benzene rings is 2. The highest BCUT2D eigenvalue weighted by Crippen LogP contribution is 2.30. The van der Waals surface area contributed by atoms with Gasteiger partial charge in [0.2, 0.25) is 5.91 Å². The molecule has 0 saturated carbocycles. The second-order valence-corrected chi connectivity index (χ2v) is 5.98. The Labute approximate surface area is 152 Å². The largest absolute Gasteiger partial charge is 0.416 e. The van der Waals surface area contributed by atoms with Crippen molar-refractivity contribution in [3.8, 4) is 0 Å². The van der Waals surface area contributed by atoms with Crippen molar-refractivity contribution < 1.29 is 27.2 Å². The molecular weight excluding hydrogens is 366 g/mol. The molecule has 1 heterocycles. The molecule has 1 aliphatic heterocycles. The summed E-state index contributed by atoms with van der Waals surface area (Å²) < 4.78 is 51.1. The average Bonchev–Trinajstić information content (AvgIpc) is 2.96. The minimum absolute atomic E-state index is 0.0387. The highest BCUT2D eigenvalue weighted by molar-refractivity contribution is 6.02. The molecule has 1 atom stereocenters. The average molecular weight is 381 g/mol. The van der Waals surface area contributed by atoms with Gasteiger partial charge in [0.15, 0.2) is 0 Å². The third kappa shape index (κ3) is 4.36. The minimum atomic E-state index is -4.52. The normalized spacial score (nSPS) is 17.1.